The van der Waals surface area contributed by atoms with Gasteiger partial charge in [-0.1, -0.05) is 18.2 Å². The zero-order chi connectivity index (χ0) is 22.3. The molecular weight excluding hydrogens is 422 g/mol. The molecular formula is C22H27NO7S. The lowest BCUT2D eigenvalue weighted by Gasteiger charge is -2.26. The Labute approximate surface area is 182 Å². The van der Waals surface area contributed by atoms with Crippen LogP contribution in [0.4, 0.5) is 0 Å². The van der Waals surface area contributed by atoms with Crippen molar-refractivity contribution in [2.24, 2.45) is 0 Å². The fraction of sp³-hybridized carbons (Fsp3) is 0.409. The molecule has 0 atom stereocenters. The number of hydrogen-bond donors (Lipinski definition) is 0. The van der Waals surface area contributed by atoms with Gasteiger partial charge in [0, 0.05) is 19.5 Å². The van der Waals surface area contributed by atoms with Crippen LogP contribution < -0.4 is 9.47 Å². The quantitative estimate of drug-likeness (QED) is 0.543. The summed E-state index contributed by atoms with van der Waals surface area (Å²) in [7, 11) is -0.467. The van der Waals surface area contributed by atoms with Crippen molar-refractivity contribution in [3.8, 4) is 11.5 Å². The molecule has 0 amide bonds. The van der Waals surface area contributed by atoms with Crippen molar-refractivity contribution < 1.29 is 32.2 Å². The summed E-state index contributed by atoms with van der Waals surface area (Å²) in [6, 6.07) is 12.0. The zero-order valence-corrected chi connectivity index (χ0v) is 18.5. The van der Waals surface area contributed by atoms with Crippen LogP contribution in [0.15, 0.2) is 47.4 Å². The molecule has 168 valence electrons. The van der Waals surface area contributed by atoms with Gasteiger partial charge in [0.25, 0.3) is 0 Å². The average molecular weight is 450 g/mol. The Hall–Kier alpha value is -2.62. The molecule has 0 bridgehead atoms. The number of morpholine rings is 1. The topological polar surface area (TPSA) is 91.4 Å². The van der Waals surface area contributed by atoms with Crippen molar-refractivity contribution in [1.29, 1.82) is 0 Å². The molecule has 0 N–H and O–H groups in total. The lowest BCUT2D eigenvalue weighted by atomic mass is 10.1. The average Bonchev–Trinajstić information content (AvgIpc) is 2.81. The highest BCUT2D eigenvalue weighted by Crippen LogP contribution is 2.28. The molecule has 1 saturated heterocycles. The maximum absolute atomic E-state index is 12.8. The molecule has 31 heavy (non-hydrogen) atoms. The summed E-state index contributed by atoms with van der Waals surface area (Å²) in [6.07, 6.45) is 0.686. The monoisotopic (exact) mass is 449 g/mol. The predicted octanol–water partition coefficient (Wildman–Crippen LogP) is 2.40. The number of nitrogens with zero attached hydrogens (tertiary/aromatic N) is 1. The van der Waals surface area contributed by atoms with E-state index in [2.05, 4.69) is 0 Å². The van der Waals surface area contributed by atoms with Crippen LogP contribution in [-0.4, -0.2) is 59.2 Å². The second-order valence-corrected chi connectivity index (χ2v) is 8.95. The third-order valence-electron chi connectivity index (χ3n) is 4.97. The molecule has 1 fully saturated rings. The number of carbonyl (C=O) groups is 1. The first-order valence-corrected chi connectivity index (χ1v) is 11.4. The van der Waals surface area contributed by atoms with E-state index >= 15 is 0 Å². The van der Waals surface area contributed by atoms with Gasteiger partial charge in [-0.05, 0) is 41.8 Å². The van der Waals surface area contributed by atoms with Crippen LogP contribution in [-0.2, 0) is 37.3 Å². The Morgan fingerprint density at radius 3 is 2.45 bits per heavy atom. The third kappa shape index (κ3) is 5.96. The summed E-state index contributed by atoms with van der Waals surface area (Å²) in [5, 5.41) is 0. The minimum Gasteiger partial charge on any atom is -0.493 e. The molecule has 8 nitrogen and oxygen atoms in total. The van der Waals surface area contributed by atoms with Gasteiger partial charge >= 0.3 is 5.97 Å². The Morgan fingerprint density at radius 2 is 1.74 bits per heavy atom. The minimum absolute atomic E-state index is 0.0111. The predicted molar refractivity (Wildman–Crippen MR) is 114 cm³/mol. The maximum atomic E-state index is 12.8. The summed E-state index contributed by atoms with van der Waals surface area (Å²) in [4.78, 5) is 12.4. The highest BCUT2D eigenvalue weighted by molar-refractivity contribution is 7.89. The molecule has 0 aliphatic carbocycles. The van der Waals surface area contributed by atoms with Crippen molar-refractivity contribution in [1.82, 2.24) is 4.31 Å². The van der Waals surface area contributed by atoms with Crippen LogP contribution in [0.3, 0.4) is 0 Å². The van der Waals surface area contributed by atoms with E-state index < -0.39 is 10.0 Å². The molecule has 0 spiro atoms. The van der Waals surface area contributed by atoms with Crippen LogP contribution in [0.5, 0.6) is 11.5 Å². The lowest BCUT2D eigenvalue weighted by Crippen LogP contribution is -2.40. The number of hydrogen-bond acceptors (Lipinski definition) is 7. The van der Waals surface area contributed by atoms with Crippen LogP contribution in [0.2, 0.25) is 0 Å². The van der Waals surface area contributed by atoms with Gasteiger partial charge in [0.2, 0.25) is 10.0 Å². The summed E-state index contributed by atoms with van der Waals surface area (Å²) >= 11 is 0. The molecule has 0 radical (unpaired) electrons. The van der Waals surface area contributed by atoms with E-state index in [0.717, 1.165) is 5.56 Å². The zero-order valence-electron chi connectivity index (χ0n) is 17.7. The van der Waals surface area contributed by atoms with Crippen molar-refractivity contribution in [3.63, 3.8) is 0 Å². The van der Waals surface area contributed by atoms with Crippen LogP contribution >= 0.6 is 0 Å². The largest absolute Gasteiger partial charge is 0.493 e. The molecule has 1 heterocycles. The third-order valence-corrected chi connectivity index (χ3v) is 6.87. The number of benzene rings is 2. The van der Waals surface area contributed by atoms with E-state index in [1.165, 1.54) is 4.31 Å². The van der Waals surface area contributed by atoms with Gasteiger partial charge < -0.3 is 18.9 Å². The van der Waals surface area contributed by atoms with Crippen LogP contribution in [0, 0.1) is 0 Å². The molecule has 1 aliphatic heterocycles. The molecule has 2 aromatic carbocycles. The summed E-state index contributed by atoms with van der Waals surface area (Å²) < 4.78 is 48.0. The number of aryl methyl sites for hydroxylation is 1. The Kier molecular flexibility index (Phi) is 7.89. The van der Waals surface area contributed by atoms with E-state index in [4.69, 9.17) is 18.9 Å². The Morgan fingerprint density at radius 1 is 1.00 bits per heavy atom. The number of ether oxygens (including phenoxy) is 4. The maximum Gasteiger partial charge on any atom is 0.306 e. The van der Waals surface area contributed by atoms with Gasteiger partial charge in [-0.3, -0.25) is 4.79 Å². The lowest BCUT2D eigenvalue weighted by molar-refractivity contribution is -0.144. The van der Waals surface area contributed by atoms with Gasteiger partial charge in [0.1, 0.15) is 6.61 Å². The summed E-state index contributed by atoms with van der Waals surface area (Å²) in [5.41, 5.74) is 1.54. The normalized spacial score (nSPS) is 14.8. The van der Waals surface area contributed by atoms with Crippen molar-refractivity contribution in [2.45, 2.75) is 24.3 Å². The highest BCUT2D eigenvalue weighted by Gasteiger charge is 2.26. The van der Waals surface area contributed by atoms with E-state index in [1.807, 2.05) is 12.1 Å². The summed E-state index contributed by atoms with van der Waals surface area (Å²) in [5.74, 6) is 0.864. The second-order valence-electron chi connectivity index (χ2n) is 7.01. The van der Waals surface area contributed by atoms with E-state index in [1.54, 1.807) is 44.6 Å². The van der Waals surface area contributed by atoms with Gasteiger partial charge in [0.15, 0.2) is 11.5 Å². The highest BCUT2D eigenvalue weighted by atomic mass is 32.2. The molecule has 1 aliphatic rings. The number of rotatable bonds is 9. The standard InChI is InChI=1S/C22H27NO7S/c1-27-20-8-6-17(15-21(20)28-2)7-9-22(24)30-16-18-4-3-5-19(14-18)31(25,26)23-10-12-29-13-11-23/h3-6,8,14-15H,7,9-13,16H2,1-2H3. The molecule has 9 heteroatoms. The van der Waals surface area contributed by atoms with Crippen molar-refractivity contribution >= 4 is 16.0 Å². The van der Waals surface area contributed by atoms with Gasteiger partial charge in [-0.25, -0.2) is 8.42 Å². The number of methoxy groups -OCH3 is 2. The van der Waals surface area contributed by atoms with Gasteiger partial charge in [-0.2, -0.15) is 4.31 Å². The number of sulfonamides is 1. The first-order chi connectivity index (χ1) is 14.9. The van der Waals surface area contributed by atoms with Gasteiger partial charge in [0.05, 0.1) is 32.3 Å². The molecule has 2 aromatic rings. The fourth-order valence-electron chi connectivity index (χ4n) is 3.25. The molecule has 0 saturated carbocycles. The molecule has 0 unspecified atom stereocenters. The van der Waals surface area contributed by atoms with Crippen molar-refractivity contribution in [3.05, 3.63) is 53.6 Å². The van der Waals surface area contributed by atoms with E-state index in [0.29, 0.717) is 49.8 Å². The van der Waals surface area contributed by atoms with Crippen LogP contribution in [0.1, 0.15) is 17.5 Å². The minimum atomic E-state index is -3.59. The fourth-order valence-corrected chi connectivity index (χ4v) is 4.73. The number of esters is 1. The van der Waals surface area contributed by atoms with E-state index in [9.17, 15) is 13.2 Å². The van der Waals surface area contributed by atoms with E-state index in [-0.39, 0.29) is 23.9 Å². The first-order valence-electron chi connectivity index (χ1n) is 9.97. The molecule has 3 rings (SSSR count). The van der Waals surface area contributed by atoms with Crippen molar-refractivity contribution in [2.75, 3.05) is 40.5 Å². The smallest absolute Gasteiger partial charge is 0.306 e. The Bertz CT molecular complexity index is 1000. The first kappa shape index (κ1) is 23.1. The van der Waals surface area contributed by atoms with Crippen LogP contribution in [0.25, 0.3) is 0 Å². The van der Waals surface area contributed by atoms with Gasteiger partial charge in [-0.15, -0.1) is 0 Å². The summed E-state index contributed by atoms with van der Waals surface area (Å²) in [6.45, 7) is 1.44. The SMILES string of the molecule is COc1ccc(CCC(=O)OCc2cccc(S(=O)(=O)N3CCOCC3)c2)cc1OC. The Balaban J connectivity index is 1.55. The number of carbonyl (C=O) groups excluding carboxylic acids is 1. The molecule has 0 aromatic heterocycles. The second kappa shape index (κ2) is 10.6.